The van der Waals surface area contributed by atoms with Crippen LogP contribution < -0.4 is 4.74 Å². The van der Waals surface area contributed by atoms with Gasteiger partial charge in [-0.1, -0.05) is 35.3 Å². The smallest absolute Gasteiger partial charge is 0.341 e. The topological polar surface area (TPSA) is 51.5 Å². The molecule has 0 spiro atoms. The van der Waals surface area contributed by atoms with Crippen LogP contribution in [0.15, 0.2) is 42.5 Å². The van der Waals surface area contributed by atoms with Gasteiger partial charge in [-0.05, 0) is 37.3 Å². The SMILES string of the molecule is Cc1cc2c(OCC(=O)O)cccc2n1Cc1c(Cl)cccc1Cl. The van der Waals surface area contributed by atoms with Crippen molar-refractivity contribution < 1.29 is 14.6 Å². The van der Waals surface area contributed by atoms with Crippen molar-refractivity contribution in [2.75, 3.05) is 6.61 Å². The summed E-state index contributed by atoms with van der Waals surface area (Å²) >= 11 is 12.6. The van der Waals surface area contributed by atoms with Crippen LogP contribution in [0.25, 0.3) is 10.9 Å². The van der Waals surface area contributed by atoms with Crippen LogP contribution in [-0.2, 0) is 11.3 Å². The largest absolute Gasteiger partial charge is 0.481 e. The lowest BCUT2D eigenvalue weighted by Crippen LogP contribution is -2.09. The third kappa shape index (κ3) is 3.21. The number of halogens is 2. The summed E-state index contributed by atoms with van der Waals surface area (Å²) in [6.07, 6.45) is 0. The van der Waals surface area contributed by atoms with Gasteiger partial charge in [0.15, 0.2) is 6.61 Å². The zero-order valence-corrected chi connectivity index (χ0v) is 14.4. The fourth-order valence-corrected chi connectivity index (χ4v) is 3.22. The normalized spacial score (nSPS) is 11.0. The number of ether oxygens (including phenoxy) is 1. The van der Waals surface area contributed by atoms with Gasteiger partial charge in [0.2, 0.25) is 0 Å². The summed E-state index contributed by atoms with van der Waals surface area (Å²) in [6, 6.07) is 13.0. The molecule has 0 radical (unpaired) electrons. The van der Waals surface area contributed by atoms with E-state index in [0.29, 0.717) is 22.3 Å². The van der Waals surface area contributed by atoms with E-state index in [9.17, 15) is 4.79 Å². The minimum Gasteiger partial charge on any atom is -0.481 e. The molecular weight excluding hydrogens is 349 g/mol. The number of carbonyl (C=O) groups is 1. The molecule has 1 N–H and O–H groups in total. The lowest BCUT2D eigenvalue weighted by Gasteiger charge is -2.12. The average Bonchev–Trinajstić information content (AvgIpc) is 2.85. The average molecular weight is 364 g/mol. The van der Waals surface area contributed by atoms with Gasteiger partial charge in [-0.3, -0.25) is 0 Å². The molecule has 4 nitrogen and oxygen atoms in total. The van der Waals surface area contributed by atoms with Gasteiger partial charge in [0.1, 0.15) is 5.75 Å². The molecule has 0 atom stereocenters. The number of aromatic nitrogens is 1. The van der Waals surface area contributed by atoms with Crippen molar-refractivity contribution in [3.63, 3.8) is 0 Å². The number of hydrogen-bond acceptors (Lipinski definition) is 2. The van der Waals surface area contributed by atoms with Crippen LogP contribution in [0, 0.1) is 6.92 Å². The first-order valence-corrected chi connectivity index (χ1v) is 8.09. The number of fused-ring (bicyclic) bond motifs is 1. The summed E-state index contributed by atoms with van der Waals surface area (Å²) in [6.45, 7) is 2.13. The molecule has 0 amide bonds. The molecule has 6 heteroatoms. The first-order chi connectivity index (χ1) is 11.5. The van der Waals surface area contributed by atoms with Gasteiger partial charge in [-0.15, -0.1) is 0 Å². The summed E-state index contributed by atoms with van der Waals surface area (Å²) in [4.78, 5) is 10.7. The lowest BCUT2D eigenvalue weighted by atomic mass is 10.2. The van der Waals surface area contributed by atoms with Crippen molar-refractivity contribution in [3.8, 4) is 5.75 Å². The number of nitrogens with zero attached hydrogens (tertiary/aromatic N) is 1. The fourth-order valence-electron chi connectivity index (χ4n) is 2.71. The second kappa shape index (κ2) is 6.75. The number of carboxylic acids is 1. The maximum Gasteiger partial charge on any atom is 0.341 e. The Balaban J connectivity index is 2.04. The standard InChI is InChI=1S/C18H15Cl2NO3/c1-11-8-12-16(6-3-7-17(12)24-10-18(22)23)21(11)9-13-14(19)4-2-5-15(13)20/h2-8H,9-10H2,1H3,(H,22,23). The van der Waals surface area contributed by atoms with Crippen molar-refractivity contribution in [1.29, 1.82) is 0 Å². The Morgan fingerprint density at radius 2 is 1.83 bits per heavy atom. The number of aryl methyl sites for hydroxylation is 1. The molecule has 0 unspecified atom stereocenters. The number of hydrogen-bond donors (Lipinski definition) is 1. The molecule has 0 aliphatic carbocycles. The van der Waals surface area contributed by atoms with E-state index in [1.54, 1.807) is 6.07 Å². The monoisotopic (exact) mass is 363 g/mol. The number of rotatable bonds is 5. The summed E-state index contributed by atoms with van der Waals surface area (Å²) in [5.41, 5.74) is 2.79. The molecule has 1 heterocycles. The van der Waals surface area contributed by atoms with Gasteiger partial charge < -0.3 is 14.4 Å². The number of carboxylic acid groups (broad SMARTS) is 1. The molecule has 0 aliphatic heterocycles. The van der Waals surface area contributed by atoms with E-state index in [4.69, 9.17) is 33.0 Å². The van der Waals surface area contributed by atoms with E-state index >= 15 is 0 Å². The quantitative estimate of drug-likeness (QED) is 0.710. The van der Waals surface area contributed by atoms with Crippen LogP contribution in [0.2, 0.25) is 10.0 Å². The lowest BCUT2D eigenvalue weighted by molar-refractivity contribution is -0.139. The molecule has 0 saturated carbocycles. The predicted octanol–water partition coefficient (Wildman–Crippen LogP) is 4.77. The Morgan fingerprint density at radius 3 is 2.50 bits per heavy atom. The minimum absolute atomic E-state index is 0.375. The summed E-state index contributed by atoms with van der Waals surface area (Å²) in [7, 11) is 0. The highest BCUT2D eigenvalue weighted by Crippen LogP contribution is 2.32. The Hall–Kier alpha value is -2.17. The Labute approximate surface area is 149 Å². The van der Waals surface area contributed by atoms with E-state index < -0.39 is 5.97 Å². The van der Waals surface area contributed by atoms with E-state index in [0.717, 1.165) is 22.2 Å². The van der Waals surface area contributed by atoms with Crippen molar-refractivity contribution in [2.24, 2.45) is 0 Å². The maximum atomic E-state index is 10.7. The van der Waals surface area contributed by atoms with Crippen molar-refractivity contribution in [2.45, 2.75) is 13.5 Å². The molecule has 0 saturated heterocycles. The molecule has 2 aromatic carbocycles. The number of benzene rings is 2. The van der Waals surface area contributed by atoms with Crippen LogP contribution in [0.3, 0.4) is 0 Å². The minimum atomic E-state index is -1.01. The zero-order valence-electron chi connectivity index (χ0n) is 12.9. The van der Waals surface area contributed by atoms with Crippen LogP contribution in [0.4, 0.5) is 0 Å². The second-order valence-electron chi connectivity index (χ2n) is 5.44. The van der Waals surface area contributed by atoms with Crippen molar-refractivity contribution in [1.82, 2.24) is 4.57 Å². The summed E-state index contributed by atoms with van der Waals surface area (Å²) < 4.78 is 7.46. The van der Waals surface area contributed by atoms with Crippen LogP contribution >= 0.6 is 23.2 Å². The van der Waals surface area contributed by atoms with E-state index in [-0.39, 0.29) is 6.61 Å². The molecule has 0 bridgehead atoms. The van der Waals surface area contributed by atoms with Crippen LogP contribution in [-0.4, -0.2) is 22.2 Å². The van der Waals surface area contributed by atoms with Gasteiger partial charge in [-0.2, -0.15) is 0 Å². The van der Waals surface area contributed by atoms with Gasteiger partial charge in [0.05, 0.1) is 12.1 Å². The molecule has 3 aromatic rings. The van der Waals surface area contributed by atoms with Gasteiger partial charge in [0, 0.05) is 26.7 Å². The van der Waals surface area contributed by atoms with E-state index in [1.165, 1.54) is 0 Å². The summed E-state index contributed by atoms with van der Waals surface area (Å²) in [5, 5.41) is 10.9. The predicted molar refractivity (Wildman–Crippen MR) is 95.4 cm³/mol. The molecule has 124 valence electrons. The molecule has 0 aliphatic rings. The van der Waals surface area contributed by atoms with Gasteiger partial charge >= 0.3 is 5.97 Å². The van der Waals surface area contributed by atoms with Gasteiger partial charge in [-0.25, -0.2) is 4.79 Å². The first kappa shape index (κ1) is 16.7. The molecule has 24 heavy (non-hydrogen) atoms. The first-order valence-electron chi connectivity index (χ1n) is 7.33. The second-order valence-corrected chi connectivity index (χ2v) is 6.26. The highest BCUT2D eigenvalue weighted by atomic mass is 35.5. The van der Waals surface area contributed by atoms with Crippen molar-refractivity contribution in [3.05, 3.63) is 63.8 Å². The molecular formula is C18H15Cl2NO3. The van der Waals surface area contributed by atoms with Gasteiger partial charge in [0.25, 0.3) is 0 Å². The molecule has 3 rings (SSSR count). The van der Waals surface area contributed by atoms with Crippen LogP contribution in [0.5, 0.6) is 5.75 Å². The fraction of sp³-hybridized carbons (Fsp3) is 0.167. The zero-order chi connectivity index (χ0) is 17.3. The van der Waals surface area contributed by atoms with Crippen LogP contribution in [0.1, 0.15) is 11.3 Å². The highest BCUT2D eigenvalue weighted by molar-refractivity contribution is 6.36. The van der Waals surface area contributed by atoms with E-state index in [2.05, 4.69) is 4.57 Å². The third-order valence-corrected chi connectivity index (χ3v) is 4.55. The summed E-state index contributed by atoms with van der Waals surface area (Å²) in [5.74, 6) is -0.465. The third-order valence-electron chi connectivity index (χ3n) is 3.84. The molecule has 1 aromatic heterocycles. The Bertz CT molecular complexity index is 898. The Morgan fingerprint density at radius 1 is 1.17 bits per heavy atom. The Kier molecular flexibility index (Phi) is 4.69. The maximum absolute atomic E-state index is 10.7. The van der Waals surface area contributed by atoms with Crippen molar-refractivity contribution >= 4 is 40.1 Å². The number of aliphatic carboxylic acids is 1. The highest BCUT2D eigenvalue weighted by Gasteiger charge is 2.14. The van der Waals surface area contributed by atoms with E-state index in [1.807, 2.05) is 43.3 Å². The molecule has 0 fully saturated rings.